The van der Waals surface area contributed by atoms with Crippen molar-refractivity contribution >= 4 is 37.5 Å². The number of nitrogens with one attached hydrogen (secondary N) is 2. The Morgan fingerprint density at radius 1 is 1.11 bits per heavy atom. The van der Waals surface area contributed by atoms with Gasteiger partial charge in [-0.3, -0.25) is 4.79 Å². The van der Waals surface area contributed by atoms with E-state index in [1.54, 1.807) is 6.07 Å². The van der Waals surface area contributed by atoms with Crippen LogP contribution in [0.4, 0.5) is 5.69 Å². The molecule has 2 N–H and O–H groups in total. The van der Waals surface area contributed by atoms with Crippen LogP contribution in [0.2, 0.25) is 0 Å². The largest absolute Gasteiger partial charge is 0.486 e. The van der Waals surface area contributed by atoms with Crippen molar-refractivity contribution in [1.29, 1.82) is 0 Å². The van der Waals surface area contributed by atoms with Crippen molar-refractivity contribution in [2.75, 3.05) is 25.1 Å². The number of hydrogen-bond donors (Lipinski definition) is 2. The van der Waals surface area contributed by atoms with Crippen molar-refractivity contribution in [3.8, 4) is 11.5 Å². The molecule has 7 nitrogen and oxygen atoms in total. The van der Waals surface area contributed by atoms with Gasteiger partial charge in [-0.25, -0.2) is 13.1 Å². The molecule has 1 amide bonds. The lowest BCUT2D eigenvalue weighted by Gasteiger charge is -2.18. The molecule has 3 rings (SSSR count). The number of rotatable bonds is 7. The van der Waals surface area contributed by atoms with Crippen LogP contribution in [0.3, 0.4) is 0 Å². The number of amides is 1. The number of fused-ring (bicyclic) bond motifs is 1. The maximum absolute atomic E-state index is 12.4. The van der Waals surface area contributed by atoms with Gasteiger partial charge in [-0.05, 0) is 59.1 Å². The highest BCUT2D eigenvalue weighted by Gasteiger charge is 2.19. The number of hydrogen-bond acceptors (Lipinski definition) is 5. The maximum atomic E-state index is 12.4. The lowest BCUT2D eigenvalue weighted by Crippen LogP contribution is -2.26. The highest BCUT2D eigenvalue weighted by molar-refractivity contribution is 9.10. The van der Waals surface area contributed by atoms with Crippen molar-refractivity contribution in [2.24, 2.45) is 0 Å². The van der Waals surface area contributed by atoms with E-state index in [1.807, 2.05) is 25.1 Å². The Hall–Kier alpha value is -2.10. The van der Waals surface area contributed by atoms with Gasteiger partial charge in [0, 0.05) is 23.5 Å². The van der Waals surface area contributed by atoms with Crippen LogP contribution in [-0.4, -0.2) is 34.1 Å². The molecule has 9 heteroatoms. The lowest BCUT2D eigenvalue weighted by molar-refractivity contribution is -0.116. The third kappa shape index (κ3) is 5.24. The van der Waals surface area contributed by atoms with Crippen LogP contribution >= 0.6 is 15.9 Å². The first-order chi connectivity index (χ1) is 13.3. The minimum atomic E-state index is -3.69. The Balaban J connectivity index is 1.49. The summed E-state index contributed by atoms with van der Waals surface area (Å²) >= 11 is 3.41. The standard InChI is InChI=1S/C19H21BrN2O5S/c1-13-4-6-16(15(20)11-13)22-19(23)3-2-8-21-28(24,25)14-5-7-17-18(12-14)27-10-9-26-17/h4-7,11-12,21H,2-3,8-10H2,1H3,(H,22,23). The first-order valence-electron chi connectivity index (χ1n) is 8.80. The van der Waals surface area contributed by atoms with Gasteiger partial charge in [0.2, 0.25) is 15.9 Å². The van der Waals surface area contributed by atoms with Crippen LogP contribution in [0.1, 0.15) is 18.4 Å². The monoisotopic (exact) mass is 468 g/mol. The van der Waals surface area contributed by atoms with E-state index in [2.05, 4.69) is 26.0 Å². The Morgan fingerprint density at radius 3 is 2.61 bits per heavy atom. The van der Waals surface area contributed by atoms with Crippen LogP contribution in [0.5, 0.6) is 11.5 Å². The summed E-state index contributed by atoms with van der Waals surface area (Å²) in [4.78, 5) is 12.2. The molecule has 150 valence electrons. The summed E-state index contributed by atoms with van der Waals surface area (Å²) in [6, 6.07) is 10.1. The molecule has 0 saturated carbocycles. The second-order valence-corrected chi connectivity index (χ2v) is 8.96. The molecule has 2 aromatic carbocycles. The third-order valence-electron chi connectivity index (χ3n) is 4.10. The molecule has 0 spiro atoms. The van der Waals surface area contributed by atoms with E-state index in [0.717, 1.165) is 10.0 Å². The molecular weight excluding hydrogens is 448 g/mol. The Kier molecular flexibility index (Phi) is 6.58. The molecule has 1 aliphatic heterocycles. The van der Waals surface area contributed by atoms with E-state index in [9.17, 15) is 13.2 Å². The van der Waals surface area contributed by atoms with Crippen LogP contribution in [0.25, 0.3) is 0 Å². The molecule has 0 bridgehead atoms. The van der Waals surface area contributed by atoms with Crippen LogP contribution in [0.15, 0.2) is 45.8 Å². The molecule has 0 atom stereocenters. The highest BCUT2D eigenvalue weighted by Crippen LogP contribution is 2.32. The fraction of sp³-hybridized carbons (Fsp3) is 0.316. The average Bonchev–Trinajstić information content (AvgIpc) is 2.67. The quantitative estimate of drug-likeness (QED) is 0.608. The second kappa shape index (κ2) is 8.93. The number of carbonyl (C=O) groups excluding carboxylic acids is 1. The number of benzene rings is 2. The maximum Gasteiger partial charge on any atom is 0.240 e. The SMILES string of the molecule is Cc1ccc(NC(=O)CCCNS(=O)(=O)c2ccc3c(c2)OCCO3)c(Br)c1. The lowest BCUT2D eigenvalue weighted by atomic mass is 10.2. The van der Waals surface area contributed by atoms with Gasteiger partial charge in [-0.1, -0.05) is 6.07 Å². The summed E-state index contributed by atoms with van der Waals surface area (Å²) in [6.45, 7) is 2.94. The van der Waals surface area contributed by atoms with Gasteiger partial charge in [-0.2, -0.15) is 0 Å². The molecular formula is C19H21BrN2O5S. The summed E-state index contributed by atoms with van der Waals surface area (Å²) in [5.41, 5.74) is 1.77. The Morgan fingerprint density at radius 2 is 1.86 bits per heavy atom. The molecule has 0 aliphatic carbocycles. The summed E-state index contributed by atoms with van der Waals surface area (Å²) < 4.78 is 39.0. The predicted molar refractivity (Wildman–Crippen MR) is 109 cm³/mol. The Labute approximate surface area is 172 Å². The molecule has 1 heterocycles. The molecule has 0 aromatic heterocycles. The predicted octanol–water partition coefficient (Wildman–Crippen LogP) is 3.23. The van der Waals surface area contributed by atoms with E-state index >= 15 is 0 Å². The van der Waals surface area contributed by atoms with E-state index in [4.69, 9.17) is 9.47 Å². The zero-order valence-corrected chi connectivity index (χ0v) is 17.7. The normalized spacial score (nSPS) is 13.2. The first kappa shape index (κ1) is 20.6. The van der Waals surface area contributed by atoms with Crippen LogP contribution < -0.4 is 19.5 Å². The van der Waals surface area contributed by atoms with Gasteiger partial charge in [0.25, 0.3) is 0 Å². The minimum absolute atomic E-state index is 0.102. The number of halogens is 1. The van der Waals surface area contributed by atoms with Gasteiger partial charge >= 0.3 is 0 Å². The van der Waals surface area contributed by atoms with Gasteiger partial charge in [0.1, 0.15) is 13.2 Å². The summed E-state index contributed by atoms with van der Waals surface area (Å²) in [5, 5.41) is 2.81. The highest BCUT2D eigenvalue weighted by atomic mass is 79.9. The zero-order valence-electron chi connectivity index (χ0n) is 15.3. The topological polar surface area (TPSA) is 93.7 Å². The van der Waals surface area contributed by atoms with E-state index in [0.29, 0.717) is 36.8 Å². The fourth-order valence-electron chi connectivity index (χ4n) is 2.66. The number of ether oxygens (including phenoxy) is 2. The Bertz CT molecular complexity index is 978. The molecule has 1 aliphatic rings. The van der Waals surface area contributed by atoms with Crippen molar-refractivity contribution < 1.29 is 22.7 Å². The minimum Gasteiger partial charge on any atom is -0.486 e. The number of anilines is 1. The summed E-state index contributed by atoms with van der Waals surface area (Å²) in [7, 11) is -3.69. The molecule has 0 radical (unpaired) electrons. The number of aryl methyl sites for hydroxylation is 1. The number of sulfonamides is 1. The molecule has 2 aromatic rings. The zero-order chi connectivity index (χ0) is 20.1. The molecule has 0 unspecified atom stereocenters. The average molecular weight is 469 g/mol. The van der Waals surface area contributed by atoms with Crippen molar-refractivity contribution in [3.63, 3.8) is 0 Å². The third-order valence-corrected chi connectivity index (χ3v) is 6.21. The molecule has 0 saturated heterocycles. The fourth-order valence-corrected chi connectivity index (χ4v) is 4.35. The molecule has 0 fully saturated rings. The van der Waals surface area contributed by atoms with Gasteiger partial charge < -0.3 is 14.8 Å². The van der Waals surface area contributed by atoms with Crippen molar-refractivity contribution in [2.45, 2.75) is 24.7 Å². The summed E-state index contributed by atoms with van der Waals surface area (Å²) in [5.74, 6) is 0.768. The van der Waals surface area contributed by atoms with E-state index in [1.165, 1.54) is 12.1 Å². The van der Waals surface area contributed by atoms with Gasteiger partial charge in [-0.15, -0.1) is 0 Å². The first-order valence-corrected chi connectivity index (χ1v) is 11.1. The van der Waals surface area contributed by atoms with E-state index in [-0.39, 0.29) is 23.8 Å². The molecule has 28 heavy (non-hydrogen) atoms. The van der Waals surface area contributed by atoms with Gasteiger partial charge in [0.15, 0.2) is 11.5 Å². The number of carbonyl (C=O) groups is 1. The van der Waals surface area contributed by atoms with Crippen LogP contribution in [0, 0.1) is 6.92 Å². The van der Waals surface area contributed by atoms with Crippen LogP contribution in [-0.2, 0) is 14.8 Å². The summed E-state index contributed by atoms with van der Waals surface area (Å²) in [6.07, 6.45) is 0.572. The van der Waals surface area contributed by atoms with Crippen molar-refractivity contribution in [1.82, 2.24) is 4.72 Å². The smallest absolute Gasteiger partial charge is 0.240 e. The van der Waals surface area contributed by atoms with Crippen molar-refractivity contribution in [3.05, 3.63) is 46.4 Å². The van der Waals surface area contributed by atoms with Gasteiger partial charge in [0.05, 0.1) is 10.6 Å². The second-order valence-electron chi connectivity index (χ2n) is 6.34. The van der Waals surface area contributed by atoms with E-state index < -0.39 is 10.0 Å².